The van der Waals surface area contributed by atoms with Crippen LogP contribution in [0, 0.1) is 0 Å². The van der Waals surface area contributed by atoms with E-state index in [4.69, 9.17) is 58.3 Å². The lowest BCUT2D eigenvalue weighted by molar-refractivity contribution is -0.146. The lowest BCUT2D eigenvalue weighted by Gasteiger charge is -2.04. The Balaban J connectivity index is -0.000000694. The van der Waals surface area contributed by atoms with E-state index in [1.807, 2.05) is 91.0 Å². The third kappa shape index (κ3) is 62.3. The van der Waals surface area contributed by atoms with Crippen LogP contribution >= 0.6 is 20.2 Å². The second-order valence-corrected chi connectivity index (χ2v) is 19.8. The monoisotopic (exact) mass is 960 g/mol. The minimum Gasteiger partial charge on any atom is -0.461 e. The van der Waals surface area contributed by atoms with E-state index in [-0.39, 0.29) is 17.9 Å². The van der Waals surface area contributed by atoms with Crippen LogP contribution in [0.4, 0.5) is 0 Å². The van der Waals surface area contributed by atoms with Crippen molar-refractivity contribution in [3.05, 3.63) is 108 Å². The van der Waals surface area contributed by atoms with Crippen LogP contribution in [0.3, 0.4) is 0 Å². The van der Waals surface area contributed by atoms with Gasteiger partial charge in [-0.25, -0.2) is 0 Å². The van der Waals surface area contributed by atoms with Gasteiger partial charge >= 0.3 is 38.1 Å². The van der Waals surface area contributed by atoms with E-state index in [1.54, 1.807) is 0 Å². The molecule has 3 rings (SSSR count). The molecule has 0 atom stereocenters. The molecule has 0 saturated heterocycles. The standard InChI is InChI=1S/3C13H18O2.3H3O3PS/c3*1-2-3-5-10-13(14)15-11-12-8-6-4-7-9-12;3*1-4(2,3)5/h3*4,6-9H,2-3,5,10-11H2,1H3;3*(H3,1,2,3,5). The Morgan fingerprint density at radius 1 is 0.400 bits per heavy atom. The van der Waals surface area contributed by atoms with Crippen molar-refractivity contribution in [1.82, 2.24) is 0 Å². The number of ether oxygens (including phenoxy) is 3. The van der Waals surface area contributed by atoms with Gasteiger partial charge in [0.15, 0.2) is 0 Å². The summed E-state index contributed by atoms with van der Waals surface area (Å²) in [5.41, 5.74) is 3.13. The van der Waals surface area contributed by atoms with Crippen molar-refractivity contribution < 1.29 is 72.6 Å². The van der Waals surface area contributed by atoms with Crippen LogP contribution in [0.25, 0.3) is 0 Å². The van der Waals surface area contributed by atoms with Crippen molar-refractivity contribution >= 4 is 73.5 Å². The average molecular weight is 961 g/mol. The maximum absolute atomic E-state index is 11.3. The number of hydrogen-bond donors (Lipinski definition) is 9. The Hall–Kier alpha value is -2.34. The molecule has 15 nitrogen and oxygen atoms in total. The largest absolute Gasteiger partial charge is 0.461 e. The summed E-state index contributed by atoms with van der Waals surface area (Å²) in [4.78, 5) is 102. The highest BCUT2D eigenvalue weighted by Gasteiger charge is 2.04. The zero-order valence-electron chi connectivity index (χ0n) is 34.3. The molecule has 0 radical (unpaired) electrons. The normalized spacial score (nSPS) is 10.4. The van der Waals surface area contributed by atoms with E-state index in [2.05, 4.69) is 56.2 Å². The fraction of sp³-hybridized carbons (Fsp3) is 0.462. The number of benzene rings is 3. The number of hydrogen-bond acceptors (Lipinski definition) is 9. The van der Waals surface area contributed by atoms with Crippen molar-refractivity contribution in [3.63, 3.8) is 0 Å². The summed E-state index contributed by atoms with van der Waals surface area (Å²) < 4.78 is 15.4. The molecule has 9 N–H and O–H groups in total. The summed E-state index contributed by atoms with van der Waals surface area (Å²) in [6.45, 7) is -3.87. The number of rotatable bonds is 18. The van der Waals surface area contributed by atoms with Crippen LogP contribution in [-0.4, -0.2) is 61.9 Å². The zero-order valence-corrected chi connectivity index (χ0v) is 39.4. The van der Waals surface area contributed by atoms with Crippen LogP contribution in [0.5, 0.6) is 0 Å². The van der Waals surface area contributed by atoms with Gasteiger partial charge in [-0.2, -0.15) is 0 Å². The Bertz CT molecular complexity index is 1420. The maximum atomic E-state index is 11.3. The molecule has 0 aliphatic heterocycles. The SMILES string of the molecule is CCCCCC(=O)OCc1ccccc1.CCCCCC(=O)OCc1ccccc1.CCCCCC(=O)OCc1ccccc1.OP(O)(O)=S.OP(O)(O)=S.OP(O)(O)=S. The van der Waals surface area contributed by atoms with Gasteiger partial charge in [-0.3, -0.25) is 14.4 Å². The number of carbonyl (C=O) groups excluding carboxylic acids is 3. The van der Waals surface area contributed by atoms with E-state index in [1.165, 1.54) is 0 Å². The van der Waals surface area contributed by atoms with Gasteiger partial charge in [0.05, 0.1) is 0 Å². The summed E-state index contributed by atoms with van der Waals surface area (Å²) in [6, 6.07) is 29.3. The van der Waals surface area contributed by atoms with Crippen molar-refractivity contribution in [2.24, 2.45) is 0 Å². The lowest BCUT2D eigenvalue weighted by atomic mass is 10.2. The molecule has 21 heteroatoms. The molecule has 0 amide bonds. The molecule has 0 saturated carbocycles. The van der Waals surface area contributed by atoms with Crippen LogP contribution in [-0.2, 0) is 83.8 Å². The van der Waals surface area contributed by atoms with Gasteiger partial charge in [-0.1, -0.05) is 150 Å². The van der Waals surface area contributed by atoms with Crippen molar-refractivity contribution in [2.75, 3.05) is 0 Å². The number of carbonyl (C=O) groups is 3. The van der Waals surface area contributed by atoms with E-state index in [0.717, 1.165) is 74.5 Å². The molecule has 0 bridgehead atoms. The molecule has 60 heavy (non-hydrogen) atoms. The molecule has 0 aromatic heterocycles. The van der Waals surface area contributed by atoms with E-state index in [9.17, 15) is 14.4 Å². The van der Waals surface area contributed by atoms with Gasteiger partial charge in [0.25, 0.3) is 0 Å². The van der Waals surface area contributed by atoms with Gasteiger partial charge in [-0.15, -0.1) is 0 Å². The second-order valence-electron chi connectivity index (χ2n) is 12.3. The summed E-state index contributed by atoms with van der Waals surface area (Å²) in [6.07, 6.45) is 11.1. The third-order valence-electron chi connectivity index (χ3n) is 6.68. The molecule has 0 aliphatic rings. The fourth-order valence-corrected chi connectivity index (χ4v) is 3.99. The van der Waals surface area contributed by atoms with Crippen LogP contribution in [0.15, 0.2) is 91.0 Å². The van der Waals surface area contributed by atoms with E-state index >= 15 is 0 Å². The van der Waals surface area contributed by atoms with Crippen molar-refractivity contribution in [1.29, 1.82) is 0 Å². The molecule has 0 fully saturated rings. The summed E-state index contributed by atoms with van der Waals surface area (Å²) >= 11 is 10.8. The highest BCUT2D eigenvalue weighted by atomic mass is 32.5. The van der Waals surface area contributed by atoms with Gasteiger partial charge in [0.1, 0.15) is 19.8 Å². The predicted octanol–water partition coefficient (Wildman–Crippen LogP) is 7.49. The Kier molecular flexibility index (Phi) is 40.8. The van der Waals surface area contributed by atoms with Gasteiger partial charge in [-0.05, 0) is 71.4 Å². The lowest BCUT2D eigenvalue weighted by Crippen LogP contribution is -2.04. The first-order valence-corrected chi connectivity index (χ1v) is 26.9. The summed E-state index contributed by atoms with van der Waals surface area (Å²) in [5, 5.41) is 0. The molecule has 3 aromatic rings. The van der Waals surface area contributed by atoms with Crippen LogP contribution in [0.1, 0.15) is 115 Å². The first kappa shape index (κ1) is 62.0. The first-order chi connectivity index (χ1) is 28.0. The van der Waals surface area contributed by atoms with Gasteiger partial charge in [0, 0.05) is 19.3 Å². The van der Waals surface area contributed by atoms with E-state index < -0.39 is 20.2 Å². The molecule has 0 heterocycles. The fourth-order valence-electron chi connectivity index (χ4n) is 3.99. The smallest absolute Gasteiger partial charge is 0.319 e. The molecule has 342 valence electrons. The van der Waals surface area contributed by atoms with E-state index in [0.29, 0.717) is 39.1 Å². The minimum absolute atomic E-state index is 0.0905. The highest BCUT2D eigenvalue weighted by Crippen LogP contribution is 2.27. The average Bonchev–Trinajstić information content (AvgIpc) is 3.16. The quantitative estimate of drug-likeness (QED) is 0.0259. The molecular weight excluding hydrogens is 898 g/mol. The number of esters is 3. The van der Waals surface area contributed by atoms with Gasteiger partial charge in [0.2, 0.25) is 0 Å². The molecule has 0 aliphatic carbocycles. The zero-order chi connectivity index (χ0) is 46.3. The predicted molar refractivity (Wildman–Crippen MR) is 244 cm³/mol. The van der Waals surface area contributed by atoms with Crippen LogP contribution < -0.4 is 0 Å². The minimum atomic E-state index is -3.81. The Morgan fingerprint density at radius 3 is 0.750 bits per heavy atom. The molecule has 0 unspecified atom stereocenters. The maximum Gasteiger partial charge on any atom is 0.319 e. The molecule has 0 spiro atoms. The second kappa shape index (κ2) is 39.5. The Morgan fingerprint density at radius 2 is 0.583 bits per heavy atom. The van der Waals surface area contributed by atoms with Crippen molar-refractivity contribution in [3.8, 4) is 0 Å². The number of unbranched alkanes of at least 4 members (excludes halogenated alkanes) is 6. The third-order valence-corrected chi connectivity index (χ3v) is 6.68. The Labute approximate surface area is 369 Å². The molecular formula is C39H63O15P3S3. The molecule has 3 aromatic carbocycles. The summed E-state index contributed by atoms with van der Waals surface area (Å²) in [5.74, 6) is -0.271. The summed E-state index contributed by atoms with van der Waals surface area (Å²) in [7, 11) is 0. The van der Waals surface area contributed by atoms with Crippen molar-refractivity contribution in [2.45, 2.75) is 118 Å². The topological polar surface area (TPSA) is 261 Å². The highest BCUT2D eigenvalue weighted by molar-refractivity contribution is 8.06. The first-order valence-electron chi connectivity index (χ1n) is 18.9. The van der Waals surface area contributed by atoms with Crippen LogP contribution in [0.2, 0.25) is 0 Å². The van der Waals surface area contributed by atoms with Gasteiger partial charge < -0.3 is 58.3 Å².